The smallest absolute Gasteiger partial charge is 0.332 e. The van der Waals surface area contributed by atoms with Gasteiger partial charge in [-0.2, -0.15) is 0 Å². The fourth-order valence-electron chi connectivity index (χ4n) is 3.29. The number of aliphatic hydroxyl groups excluding tert-OH is 1. The maximum Gasteiger partial charge on any atom is 0.332 e. The Morgan fingerprint density at radius 3 is 1.41 bits per heavy atom. The number of aliphatic carboxylic acids is 1. The number of rotatable bonds is 21. The average Bonchev–Trinajstić information content (AvgIpc) is 2.66. The van der Waals surface area contributed by atoms with Crippen molar-refractivity contribution in [2.75, 3.05) is 0 Å². The van der Waals surface area contributed by atoms with E-state index < -0.39 is 12.1 Å². The Bertz CT molecular complexity index is 363. The van der Waals surface area contributed by atoms with Gasteiger partial charge in [-0.25, -0.2) is 4.79 Å². The molecule has 0 fully saturated rings. The Balaban J connectivity index is 3.12. The summed E-state index contributed by atoms with van der Waals surface area (Å²) in [6, 6.07) is 0. The van der Waals surface area contributed by atoms with Crippen LogP contribution >= 0.6 is 0 Å². The van der Waals surface area contributed by atoms with E-state index in [1.165, 1.54) is 96.3 Å². The van der Waals surface area contributed by atoms with Gasteiger partial charge in [0.25, 0.3) is 0 Å². The summed E-state index contributed by atoms with van der Waals surface area (Å²) < 4.78 is 0. The summed E-state index contributed by atoms with van der Waals surface area (Å²) in [5, 5.41) is 17.7. The van der Waals surface area contributed by atoms with Gasteiger partial charge in [0.2, 0.25) is 0 Å². The van der Waals surface area contributed by atoms with Gasteiger partial charge in [-0.3, -0.25) is 0 Å². The molecule has 3 nitrogen and oxygen atoms in total. The molecule has 0 radical (unpaired) electrons. The van der Waals surface area contributed by atoms with Crippen molar-refractivity contribution in [1.29, 1.82) is 0 Å². The van der Waals surface area contributed by atoms with E-state index >= 15 is 0 Å². The molecule has 0 aromatic heterocycles. The number of hydrogen-bond acceptors (Lipinski definition) is 2. The van der Waals surface area contributed by atoms with Crippen LogP contribution in [0.25, 0.3) is 0 Å². The third kappa shape index (κ3) is 21.1. The quantitative estimate of drug-likeness (QED) is 0.163. The van der Waals surface area contributed by atoms with E-state index in [1.54, 1.807) is 6.08 Å². The molecule has 0 amide bonds. The summed E-state index contributed by atoms with van der Waals surface area (Å²) in [5.74, 6) is -1.14. The zero-order valence-corrected chi connectivity index (χ0v) is 17.5. The van der Waals surface area contributed by atoms with E-state index in [2.05, 4.69) is 6.58 Å². The highest BCUT2D eigenvalue weighted by molar-refractivity contribution is 5.72. The first-order chi connectivity index (χ1) is 13.2. The highest BCUT2D eigenvalue weighted by atomic mass is 16.4. The second-order valence-electron chi connectivity index (χ2n) is 7.73. The van der Waals surface area contributed by atoms with Crippen molar-refractivity contribution in [3.8, 4) is 0 Å². The largest absolute Gasteiger partial charge is 0.479 e. The minimum atomic E-state index is -1.26. The molecule has 0 rings (SSSR count). The third-order valence-corrected chi connectivity index (χ3v) is 5.09. The van der Waals surface area contributed by atoms with Crippen LogP contribution in [0.15, 0.2) is 24.8 Å². The lowest BCUT2D eigenvalue weighted by atomic mass is 10.0. The molecule has 1 atom stereocenters. The van der Waals surface area contributed by atoms with E-state index in [4.69, 9.17) is 10.2 Å². The van der Waals surface area contributed by atoms with Crippen LogP contribution in [0.5, 0.6) is 0 Å². The number of unbranched alkanes of at least 4 members (excludes halogenated alkanes) is 16. The van der Waals surface area contributed by atoms with Gasteiger partial charge in [0.15, 0.2) is 6.10 Å². The number of aliphatic hydroxyl groups is 1. The molecule has 2 N–H and O–H groups in total. The van der Waals surface area contributed by atoms with Crippen molar-refractivity contribution in [3.05, 3.63) is 24.8 Å². The Kier molecular flexibility index (Phi) is 20.4. The standard InChI is InChI=1S/C24H44O3/c1-2-3-4-5-6-7-8-9-10-11-12-13-14-15-16-17-18-19-20-21-22-23(25)24(26)27/h2,20-21,23,25H,1,3-19,22H2,(H,26,27). The lowest BCUT2D eigenvalue weighted by Crippen LogP contribution is -2.17. The van der Waals surface area contributed by atoms with Crippen LogP contribution in [-0.2, 0) is 4.79 Å². The summed E-state index contributed by atoms with van der Waals surface area (Å²) in [7, 11) is 0. The second kappa shape index (κ2) is 21.2. The van der Waals surface area contributed by atoms with Gasteiger partial charge in [-0.05, 0) is 25.7 Å². The molecule has 0 aliphatic carbocycles. The molecular formula is C24H44O3. The van der Waals surface area contributed by atoms with Gasteiger partial charge < -0.3 is 10.2 Å². The number of hydrogen-bond donors (Lipinski definition) is 2. The Labute approximate surface area is 168 Å². The number of carbonyl (C=O) groups is 1. The monoisotopic (exact) mass is 380 g/mol. The van der Waals surface area contributed by atoms with Crippen LogP contribution in [0.4, 0.5) is 0 Å². The predicted molar refractivity (Wildman–Crippen MR) is 116 cm³/mol. The molecule has 0 aliphatic heterocycles. The zero-order chi connectivity index (χ0) is 20.0. The van der Waals surface area contributed by atoms with Crippen LogP contribution in [0.2, 0.25) is 0 Å². The minimum absolute atomic E-state index is 0.213. The molecule has 0 heterocycles. The molecule has 0 bridgehead atoms. The predicted octanol–water partition coefficient (Wildman–Crippen LogP) is 7.20. The fourth-order valence-corrected chi connectivity index (χ4v) is 3.29. The Morgan fingerprint density at radius 2 is 1.04 bits per heavy atom. The molecule has 158 valence electrons. The van der Waals surface area contributed by atoms with Crippen molar-refractivity contribution in [2.45, 2.75) is 122 Å². The molecule has 3 heteroatoms. The maximum absolute atomic E-state index is 10.4. The normalized spacial score (nSPS) is 12.5. The van der Waals surface area contributed by atoms with Gasteiger partial charge in [0.1, 0.15) is 0 Å². The van der Waals surface area contributed by atoms with Crippen LogP contribution in [0, 0.1) is 0 Å². The molecule has 0 aromatic rings. The van der Waals surface area contributed by atoms with Crippen LogP contribution in [0.1, 0.15) is 116 Å². The lowest BCUT2D eigenvalue weighted by Gasteiger charge is -2.03. The van der Waals surface area contributed by atoms with Crippen molar-refractivity contribution < 1.29 is 15.0 Å². The van der Waals surface area contributed by atoms with Gasteiger partial charge in [0.05, 0.1) is 0 Å². The highest BCUT2D eigenvalue weighted by Gasteiger charge is 2.09. The van der Waals surface area contributed by atoms with E-state index in [1.807, 2.05) is 12.2 Å². The van der Waals surface area contributed by atoms with Crippen molar-refractivity contribution in [3.63, 3.8) is 0 Å². The summed E-state index contributed by atoms with van der Waals surface area (Å²) in [6.45, 7) is 3.76. The highest BCUT2D eigenvalue weighted by Crippen LogP contribution is 2.14. The molecule has 1 unspecified atom stereocenters. The second-order valence-corrected chi connectivity index (χ2v) is 7.73. The van der Waals surface area contributed by atoms with Crippen molar-refractivity contribution in [2.24, 2.45) is 0 Å². The van der Waals surface area contributed by atoms with Crippen molar-refractivity contribution in [1.82, 2.24) is 0 Å². The average molecular weight is 381 g/mol. The topological polar surface area (TPSA) is 57.5 Å². The number of carboxylic acids is 1. The minimum Gasteiger partial charge on any atom is -0.479 e. The van der Waals surface area contributed by atoms with E-state index in [0.29, 0.717) is 0 Å². The molecule has 0 aromatic carbocycles. The number of carboxylic acid groups (broad SMARTS) is 1. The van der Waals surface area contributed by atoms with Gasteiger partial charge in [-0.1, -0.05) is 102 Å². The maximum atomic E-state index is 10.4. The summed E-state index contributed by atoms with van der Waals surface area (Å²) in [4.78, 5) is 10.4. The SMILES string of the molecule is C=CCCCCCCCCCCCCCCCCCC=CCC(O)C(=O)O. The third-order valence-electron chi connectivity index (χ3n) is 5.09. The van der Waals surface area contributed by atoms with Gasteiger partial charge in [-0.15, -0.1) is 6.58 Å². The summed E-state index contributed by atoms with van der Waals surface area (Å²) in [6.07, 6.45) is 27.3. The van der Waals surface area contributed by atoms with Crippen LogP contribution < -0.4 is 0 Å². The van der Waals surface area contributed by atoms with E-state index in [-0.39, 0.29) is 6.42 Å². The number of allylic oxidation sites excluding steroid dienone is 2. The van der Waals surface area contributed by atoms with Gasteiger partial charge in [0, 0.05) is 6.42 Å². The first kappa shape index (κ1) is 25.9. The van der Waals surface area contributed by atoms with E-state index in [9.17, 15) is 4.79 Å². The fraction of sp³-hybridized carbons (Fsp3) is 0.792. The molecular weight excluding hydrogens is 336 g/mol. The van der Waals surface area contributed by atoms with Crippen LogP contribution in [-0.4, -0.2) is 22.3 Å². The molecule has 0 saturated heterocycles. The van der Waals surface area contributed by atoms with Gasteiger partial charge >= 0.3 is 5.97 Å². The molecule has 0 saturated carbocycles. The van der Waals surface area contributed by atoms with Crippen LogP contribution in [0.3, 0.4) is 0 Å². The zero-order valence-electron chi connectivity index (χ0n) is 17.5. The molecule has 0 spiro atoms. The summed E-state index contributed by atoms with van der Waals surface area (Å²) in [5.41, 5.74) is 0. The first-order valence-electron chi connectivity index (χ1n) is 11.3. The molecule has 27 heavy (non-hydrogen) atoms. The lowest BCUT2D eigenvalue weighted by molar-refractivity contribution is -0.146. The Morgan fingerprint density at radius 1 is 0.667 bits per heavy atom. The summed E-state index contributed by atoms with van der Waals surface area (Å²) >= 11 is 0. The first-order valence-corrected chi connectivity index (χ1v) is 11.3. The van der Waals surface area contributed by atoms with Crippen molar-refractivity contribution >= 4 is 5.97 Å². The Hall–Kier alpha value is -1.09. The molecule has 0 aliphatic rings. The van der Waals surface area contributed by atoms with E-state index in [0.717, 1.165) is 12.8 Å².